The summed E-state index contributed by atoms with van der Waals surface area (Å²) >= 11 is 0. The molecule has 2 heterocycles. The standard InChI is InChI=1S/C19H24N4O2/c1-19(2,13-20)22(3)17(24)12-23-10-6-7-14(11-23)18-21-15-8-4-5-9-16(15)25-18/h4-5,8-9,14H,6-7,10-12H2,1-3H3/t14-/m1/s1. The number of piperidine rings is 1. The maximum atomic E-state index is 12.5. The molecule has 6 nitrogen and oxygen atoms in total. The van der Waals surface area contributed by atoms with E-state index in [4.69, 9.17) is 4.42 Å². The Morgan fingerprint density at radius 2 is 2.24 bits per heavy atom. The van der Waals surface area contributed by atoms with Crippen LogP contribution in [0.25, 0.3) is 11.1 Å². The number of hydrogen-bond donors (Lipinski definition) is 0. The molecule has 1 aromatic heterocycles. The van der Waals surface area contributed by atoms with Crippen molar-refractivity contribution in [2.75, 3.05) is 26.7 Å². The molecule has 1 aliphatic rings. The number of hydrogen-bond acceptors (Lipinski definition) is 5. The number of aromatic nitrogens is 1. The summed E-state index contributed by atoms with van der Waals surface area (Å²) in [7, 11) is 1.69. The third kappa shape index (κ3) is 3.67. The predicted molar refractivity (Wildman–Crippen MR) is 94.9 cm³/mol. The van der Waals surface area contributed by atoms with Crippen LogP contribution in [-0.4, -0.2) is 52.9 Å². The van der Waals surface area contributed by atoms with Crippen molar-refractivity contribution in [1.82, 2.24) is 14.8 Å². The van der Waals surface area contributed by atoms with Crippen LogP contribution < -0.4 is 0 Å². The molecular weight excluding hydrogens is 316 g/mol. The number of carbonyl (C=O) groups excluding carboxylic acids is 1. The summed E-state index contributed by atoms with van der Waals surface area (Å²) in [6.45, 7) is 5.45. The van der Waals surface area contributed by atoms with Gasteiger partial charge in [0, 0.05) is 19.5 Å². The lowest BCUT2D eigenvalue weighted by atomic mass is 9.98. The van der Waals surface area contributed by atoms with Gasteiger partial charge in [-0.25, -0.2) is 4.98 Å². The highest BCUT2D eigenvalue weighted by Gasteiger charge is 2.31. The second-order valence-corrected chi connectivity index (χ2v) is 7.22. The lowest BCUT2D eigenvalue weighted by Gasteiger charge is -2.34. The zero-order valence-corrected chi connectivity index (χ0v) is 15.0. The normalized spacial score (nSPS) is 18.9. The van der Waals surface area contributed by atoms with E-state index < -0.39 is 5.54 Å². The van der Waals surface area contributed by atoms with Crippen LogP contribution in [0.1, 0.15) is 38.5 Å². The second kappa shape index (κ2) is 6.85. The van der Waals surface area contributed by atoms with E-state index in [-0.39, 0.29) is 11.8 Å². The van der Waals surface area contributed by atoms with Crippen molar-refractivity contribution in [2.24, 2.45) is 0 Å². The predicted octanol–water partition coefficient (Wildman–Crippen LogP) is 2.77. The summed E-state index contributed by atoms with van der Waals surface area (Å²) < 4.78 is 5.90. The van der Waals surface area contributed by atoms with E-state index in [1.807, 2.05) is 24.3 Å². The molecule has 0 spiro atoms. The maximum absolute atomic E-state index is 12.5. The number of amides is 1. The number of rotatable bonds is 4. The van der Waals surface area contributed by atoms with Crippen LogP contribution in [0.3, 0.4) is 0 Å². The molecule has 25 heavy (non-hydrogen) atoms. The van der Waals surface area contributed by atoms with E-state index in [0.29, 0.717) is 6.54 Å². The Morgan fingerprint density at radius 3 is 2.96 bits per heavy atom. The fraction of sp³-hybridized carbons (Fsp3) is 0.526. The minimum Gasteiger partial charge on any atom is -0.440 e. The van der Waals surface area contributed by atoms with Gasteiger partial charge >= 0.3 is 0 Å². The smallest absolute Gasteiger partial charge is 0.237 e. The van der Waals surface area contributed by atoms with Gasteiger partial charge in [-0.3, -0.25) is 9.69 Å². The summed E-state index contributed by atoms with van der Waals surface area (Å²) in [6, 6.07) is 9.94. The van der Waals surface area contributed by atoms with E-state index in [2.05, 4.69) is 16.0 Å². The molecule has 1 saturated heterocycles. The largest absolute Gasteiger partial charge is 0.440 e. The van der Waals surface area contributed by atoms with E-state index in [1.54, 1.807) is 20.9 Å². The van der Waals surface area contributed by atoms with E-state index in [0.717, 1.165) is 42.9 Å². The summed E-state index contributed by atoms with van der Waals surface area (Å²) in [4.78, 5) is 20.8. The van der Waals surface area contributed by atoms with Crippen LogP contribution in [0.4, 0.5) is 0 Å². The molecule has 0 N–H and O–H groups in total. The van der Waals surface area contributed by atoms with Gasteiger partial charge in [0.05, 0.1) is 12.6 Å². The Bertz CT molecular complexity index is 772. The topological polar surface area (TPSA) is 73.4 Å². The van der Waals surface area contributed by atoms with Gasteiger partial charge in [0.2, 0.25) is 5.91 Å². The van der Waals surface area contributed by atoms with Crippen LogP contribution in [-0.2, 0) is 4.79 Å². The van der Waals surface area contributed by atoms with Gasteiger partial charge in [0.15, 0.2) is 11.5 Å². The second-order valence-electron chi connectivity index (χ2n) is 7.22. The van der Waals surface area contributed by atoms with Gasteiger partial charge in [0.25, 0.3) is 0 Å². The summed E-state index contributed by atoms with van der Waals surface area (Å²) in [6.07, 6.45) is 2.01. The summed E-state index contributed by atoms with van der Waals surface area (Å²) in [5.74, 6) is 0.914. The molecule has 1 fully saturated rings. The summed E-state index contributed by atoms with van der Waals surface area (Å²) in [5, 5.41) is 9.20. The molecule has 3 rings (SSSR count). The third-order valence-corrected chi connectivity index (χ3v) is 5.01. The highest BCUT2D eigenvalue weighted by Crippen LogP contribution is 2.29. The molecule has 1 atom stereocenters. The van der Waals surface area contributed by atoms with Crippen LogP contribution >= 0.6 is 0 Å². The molecule has 0 saturated carbocycles. The average Bonchev–Trinajstić information content (AvgIpc) is 3.05. The third-order valence-electron chi connectivity index (χ3n) is 5.01. The highest BCUT2D eigenvalue weighted by atomic mass is 16.3. The quantitative estimate of drug-likeness (QED) is 0.855. The van der Waals surface area contributed by atoms with Gasteiger partial charge in [-0.15, -0.1) is 0 Å². The molecule has 2 aromatic rings. The first kappa shape index (κ1) is 17.4. The number of benzene rings is 1. The fourth-order valence-electron chi connectivity index (χ4n) is 3.15. The molecule has 1 aromatic carbocycles. The van der Waals surface area contributed by atoms with Crippen LogP contribution in [0.5, 0.6) is 0 Å². The highest BCUT2D eigenvalue weighted by molar-refractivity contribution is 5.79. The molecule has 0 unspecified atom stereocenters. The number of nitrogens with zero attached hydrogens (tertiary/aromatic N) is 4. The van der Waals surface area contributed by atoms with Crippen molar-refractivity contribution in [3.8, 4) is 6.07 Å². The molecular formula is C19H24N4O2. The zero-order chi connectivity index (χ0) is 18.0. The molecule has 0 bridgehead atoms. The first-order valence-electron chi connectivity index (χ1n) is 8.66. The Hall–Kier alpha value is -2.39. The van der Waals surface area contributed by atoms with E-state index in [9.17, 15) is 10.1 Å². The van der Waals surface area contributed by atoms with E-state index >= 15 is 0 Å². The number of oxazole rings is 1. The maximum Gasteiger partial charge on any atom is 0.237 e. The monoisotopic (exact) mass is 340 g/mol. The SMILES string of the molecule is CN(C(=O)CN1CCC[C@@H](c2nc3ccccc3o2)C1)C(C)(C)C#N. The van der Waals surface area contributed by atoms with Gasteiger partial charge < -0.3 is 9.32 Å². The Morgan fingerprint density at radius 1 is 1.48 bits per heavy atom. The Labute approximate surface area is 148 Å². The van der Waals surface area contributed by atoms with Crippen molar-refractivity contribution in [3.63, 3.8) is 0 Å². The molecule has 6 heteroatoms. The number of para-hydroxylation sites is 2. The first-order valence-corrected chi connectivity index (χ1v) is 8.66. The van der Waals surface area contributed by atoms with Gasteiger partial charge in [-0.05, 0) is 45.4 Å². The zero-order valence-electron chi connectivity index (χ0n) is 15.0. The van der Waals surface area contributed by atoms with Crippen molar-refractivity contribution in [2.45, 2.75) is 38.1 Å². The Kier molecular flexibility index (Phi) is 4.78. The fourth-order valence-corrected chi connectivity index (χ4v) is 3.15. The van der Waals surface area contributed by atoms with Crippen molar-refractivity contribution >= 4 is 17.0 Å². The lowest BCUT2D eigenvalue weighted by molar-refractivity contribution is -0.134. The molecule has 0 aliphatic carbocycles. The van der Waals surface area contributed by atoms with Crippen molar-refractivity contribution in [1.29, 1.82) is 5.26 Å². The molecule has 0 radical (unpaired) electrons. The molecule has 1 aliphatic heterocycles. The van der Waals surface area contributed by atoms with Gasteiger partial charge in [-0.2, -0.15) is 5.26 Å². The summed E-state index contributed by atoms with van der Waals surface area (Å²) in [5.41, 5.74) is 0.884. The van der Waals surface area contributed by atoms with E-state index in [1.165, 1.54) is 4.90 Å². The minimum atomic E-state index is -0.799. The van der Waals surface area contributed by atoms with Crippen LogP contribution in [0, 0.1) is 11.3 Å². The van der Waals surface area contributed by atoms with Crippen LogP contribution in [0.15, 0.2) is 28.7 Å². The minimum absolute atomic E-state index is 0.0373. The molecule has 132 valence electrons. The van der Waals surface area contributed by atoms with Gasteiger partial charge in [-0.1, -0.05) is 12.1 Å². The number of carbonyl (C=O) groups is 1. The molecule has 1 amide bonds. The number of likely N-dealkylation sites (N-methyl/N-ethyl adjacent to an activating group) is 1. The van der Waals surface area contributed by atoms with Crippen molar-refractivity contribution < 1.29 is 9.21 Å². The van der Waals surface area contributed by atoms with Gasteiger partial charge in [0.1, 0.15) is 11.1 Å². The van der Waals surface area contributed by atoms with Crippen LogP contribution in [0.2, 0.25) is 0 Å². The number of likely N-dealkylation sites (tertiary alicyclic amines) is 1. The average molecular weight is 340 g/mol. The number of nitriles is 1. The lowest BCUT2D eigenvalue weighted by Crippen LogP contribution is -2.49. The Balaban J connectivity index is 1.67. The van der Waals surface area contributed by atoms with Crippen molar-refractivity contribution in [3.05, 3.63) is 30.2 Å². The first-order chi connectivity index (χ1) is 11.9. The number of fused-ring (bicyclic) bond motifs is 1.